The fourth-order valence-electron chi connectivity index (χ4n) is 3.79. The topological polar surface area (TPSA) is 52.7 Å². The molecular formula is C25H33N3O2. The first-order chi connectivity index (χ1) is 14.5. The van der Waals surface area contributed by atoms with E-state index in [0.717, 1.165) is 39.1 Å². The van der Waals surface area contributed by atoms with Crippen LogP contribution in [0.2, 0.25) is 0 Å². The van der Waals surface area contributed by atoms with Crippen LogP contribution in [0.1, 0.15) is 41.3 Å². The van der Waals surface area contributed by atoms with E-state index in [0.29, 0.717) is 12.1 Å². The number of benzene rings is 2. The van der Waals surface area contributed by atoms with E-state index in [1.165, 1.54) is 16.8 Å². The number of ketones is 1. The third-order valence-corrected chi connectivity index (χ3v) is 5.75. The molecule has 0 aromatic heterocycles. The summed E-state index contributed by atoms with van der Waals surface area (Å²) in [5.74, 6) is -0.0213. The molecule has 0 atom stereocenters. The molecule has 160 valence electrons. The number of hydrogen-bond donors (Lipinski definition) is 1. The van der Waals surface area contributed by atoms with Gasteiger partial charge >= 0.3 is 0 Å². The lowest BCUT2D eigenvalue weighted by Crippen LogP contribution is -2.48. The molecule has 1 saturated heterocycles. The summed E-state index contributed by atoms with van der Waals surface area (Å²) in [6, 6.07) is 16.3. The first kappa shape index (κ1) is 22.0. The van der Waals surface area contributed by atoms with Crippen LogP contribution in [0, 0.1) is 6.92 Å². The SMILES string of the molecule is CCc1ccc(C(=O)CCC(=O)NCCN2CCN(c3cccc(C)c3)CC2)cc1. The molecule has 0 bridgehead atoms. The predicted molar refractivity (Wildman–Crippen MR) is 122 cm³/mol. The average Bonchev–Trinajstić information content (AvgIpc) is 2.78. The van der Waals surface area contributed by atoms with Gasteiger partial charge in [0.05, 0.1) is 0 Å². The quantitative estimate of drug-likeness (QED) is 0.647. The van der Waals surface area contributed by atoms with Crippen LogP contribution >= 0.6 is 0 Å². The van der Waals surface area contributed by atoms with Gasteiger partial charge in [-0.05, 0) is 36.6 Å². The Morgan fingerprint density at radius 1 is 0.967 bits per heavy atom. The van der Waals surface area contributed by atoms with Crippen molar-refractivity contribution in [3.63, 3.8) is 0 Å². The number of carbonyl (C=O) groups excluding carboxylic acids is 2. The normalized spacial score (nSPS) is 14.5. The number of anilines is 1. The number of hydrogen-bond acceptors (Lipinski definition) is 4. The van der Waals surface area contributed by atoms with E-state index in [9.17, 15) is 9.59 Å². The van der Waals surface area contributed by atoms with E-state index >= 15 is 0 Å². The highest BCUT2D eigenvalue weighted by Gasteiger charge is 2.17. The second kappa shape index (κ2) is 10.9. The molecule has 0 spiro atoms. The number of rotatable bonds is 9. The van der Waals surface area contributed by atoms with Crippen LogP contribution in [-0.2, 0) is 11.2 Å². The molecule has 2 aromatic carbocycles. The molecule has 3 rings (SSSR count). The van der Waals surface area contributed by atoms with E-state index in [-0.39, 0.29) is 24.5 Å². The van der Waals surface area contributed by atoms with Crippen LogP contribution in [0.3, 0.4) is 0 Å². The Bertz CT molecular complexity index is 840. The maximum absolute atomic E-state index is 12.2. The van der Waals surface area contributed by atoms with Gasteiger partial charge in [-0.15, -0.1) is 0 Å². The summed E-state index contributed by atoms with van der Waals surface area (Å²) in [5, 5.41) is 2.96. The number of nitrogens with one attached hydrogen (secondary N) is 1. The zero-order chi connectivity index (χ0) is 21.3. The Hall–Kier alpha value is -2.66. The molecule has 0 saturated carbocycles. The zero-order valence-corrected chi connectivity index (χ0v) is 18.2. The maximum Gasteiger partial charge on any atom is 0.220 e. The molecule has 1 aliphatic heterocycles. The summed E-state index contributed by atoms with van der Waals surface area (Å²) in [6.45, 7) is 9.68. The Kier molecular flexibility index (Phi) is 8.03. The van der Waals surface area contributed by atoms with Crippen molar-refractivity contribution in [2.45, 2.75) is 33.1 Å². The summed E-state index contributed by atoms with van der Waals surface area (Å²) in [6.07, 6.45) is 1.46. The van der Waals surface area contributed by atoms with Crippen LogP contribution in [0.25, 0.3) is 0 Å². The van der Waals surface area contributed by atoms with Crippen molar-refractivity contribution in [2.24, 2.45) is 0 Å². The summed E-state index contributed by atoms with van der Waals surface area (Å²) in [4.78, 5) is 29.1. The monoisotopic (exact) mass is 407 g/mol. The van der Waals surface area contributed by atoms with Crippen molar-refractivity contribution in [2.75, 3.05) is 44.2 Å². The fraction of sp³-hybridized carbons (Fsp3) is 0.440. The van der Waals surface area contributed by atoms with E-state index in [2.05, 4.69) is 53.2 Å². The van der Waals surface area contributed by atoms with Crippen LogP contribution in [0.4, 0.5) is 5.69 Å². The van der Waals surface area contributed by atoms with Gasteiger partial charge in [-0.1, -0.05) is 43.3 Å². The minimum absolute atomic E-state index is 0.0278. The molecule has 5 nitrogen and oxygen atoms in total. The Morgan fingerprint density at radius 2 is 1.70 bits per heavy atom. The summed E-state index contributed by atoms with van der Waals surface area (Å²) < 4.78 is 0. The van der Waals surface area contributed by atoms with Crippen molar-refractivity contribution in [1.82, 2.24) is 10.2 Å². The summed E-state index contributed by atoms with van der Waals surface area (Å²) >= 11 is 0. The highest BCUT2D eigenvalue weighted by molar-refractivity contribution is 5.97. The number of carbonyl (C=O) groups is 2. The minimum atomic E-state index is -0.0491. The van der Waals surface area contributed by atoms with Gasteiger partial charge in [0, 0.05) is 63.4 Å². The van der Waals surface area contributed by atoms with Crippen molar-refractivity contribution in [3.05, 3.63) is 65.2 Å². The van der Waals surface area contributed by atoms with Gasteiger partial charge in [0.15, 0.2) is 5.78 Å². The van der Waals surface area contributed by atoms with Crippen LogP contribution in [0.15, 0.2) is 48.5 Å². The lowest BCUT2D eigenvalue weighted by Gasteiger charge is -2.36. The number of aryl methyl sites for hydroxylation is 2. The highest BCUT2D eigenvalue weighted by atomic mass is 16.2. The van der Waals surface area contributed by atoms with Crippen LogP contribution < -0.4 is 10.2 Å². The van der Waals surface area contributed by atoms with Crippen molar-refractivity contribution < 1.29 is 9.59 Å². The molecule has 5 heteroatoms. The Balaban J connectivity index is 1.31. The number of amides is 1. The number of piperazine rings is 1. The third kappa shape index (κ3) is 6.42. The molecule has 1 N–H and O–H groups in total. The van der Waals surface area contributed by atoms with E-state index in [4.69, 9.17) is 0 Å². The molecule has 30 heavy (non-hydrogen) atoms. The first-order valence-electron chi connectivity index (χ1n) is 11.0. The van der Waals surface area contributed by atoms with Crippen LogP contribution in [0.5, 0.6) is 0 Å². The molecule has 0 unspecified atom stereocenters. The van der Waals surface area contributed by atoms with Crippen molar-refractivity contribution in [1.29, 1.82) is 0 Å². The van der Waals surface area contributed by atoms with E-state index in [1.54, 1.807) is 0 Å². The van der Waals surface area contributed by atoms with Crippen molar-refractivity contribution >= 4 is 17.4 Å². The van der Waals surface area contributed by atoms with Crippen LogP contribution in [-0.4, -0.2) is 55.9 Å². The van der Waals surface area contributed by atoms with E-state index in [1.807, 2.05) is 24.3 Å². The van der Waals surface area contributed by atoms with Gasteiger partial charge in [-0.3, -0.25) is 14.5 Å². The Labute approximate surface area is 180 Å². The van der Waals surface area contributed by atoms with Crippen molar-refractivity contribution in [3.8, 4) is 0 Å². The van der Waals surface area contributed by atoms with Gasteiger partial charge in [-0.2, -0.15) is 0 Å². The molecule has 1 amide bonds. The number of nitrogens with zero attached hydrogens (tertiary/aromatic N) is 2. The summed E-state index contributed by atoms with van der Waals surface area (Å²) in [5.41, 5.74) is 4.47. The predicted octanol–water partition coefficient (Wildman–Crippen LogP) is 3.46. The first-order valence-corrected chi connectivity index (χ1v) is 11.0. The fourth-order valence-corrected chi connectivity index (χ4v) is 3.79. The van der Waals surface area contributed by atoms with Gasteiger partial charge in [0.1, 0.15) is 0 Å². The van der Waals surface area contributed by atoms with Gasteiger partial charge in [0.25, 0.3) is 0 Å². The molecule has 2 aromatic rings. The second-order valence-corrected chi connectivity index (χ2v) is 7.99. The van der Waals surface area contributed by atoms with Gasteiger partial charge in [0.2, 0.25) is 5.91 Å². The smallest absolute Gasteiger partial charge is 0.220 e. The molecular weight excluding hydrogens is 374 g/mol. The van der Waals surface area contributed by atoms with Gasteiger partial charge in [-0.25, -0.2) is 0 Å². The molecule has 1 fully saturated rings. The minimum Gasteiger partial charge on any atom is -0.369 e. The third-order valence-electron chi connectivity index (χ3n) is 5.75. The molecule has 0 radical (unpaired) electrons. The second-order valence-electron chi connectivity index (χ2n) is 7.99. The number of Topliss-reactive ketones (excluding diaryl/α,β-unsaturated/α-hetero) is 1. The molecule has 1 aliphatic rings. The molecule has 1 heterocycles. The maximum atomic E-state index is 12.2. The van der Waals surface area contributed by atoms with E-state index < -0.39 is 0 Å². The molecule has 0 aliphatic carbocycles. The highest BCUT2D eigenvalue weighted by Crippen LogP contribution is 2.17. The lowest BCUT2D eigenvalue weighted by atomic mass is 10.0. The van der Waals surface area contributed by atoms with Gasteiger partial charge < -0.3 is 10.2 Å². The summed E-state index contributed by atoms with van der Waals surface area (Å²) in [7, 11) is 0. The standard InChI is InChI=1S/C25H33N3O2/c1-3-21-7-9-22(10-8-21)24(29)11-12-25(30)26-13-14-27-15-17-28(18-16-27)23-6-4-5-20(2)19-23/h4-10,19H,3,11-18H2,1-2H3,(H,26,30). The zero-order valence-electron chi connectivity index (χ0n) is 18.2. The lowest BCUT2D eigenvalue weighted by molar-refractivity contribution is -0.121. The largest absolute Gasteiger partial charge is 0.369 e. The Morgan fingerprint density at radius 3 is 2.37 bits per heavy atom. The average molecular weight is 408 g/mol.